The minimum atomic E-state index is 0.282. The third kappa shape index (κ3) is 1.00. The lowest BCUT2D eigenvalue weighted by Gasteiger charge is -1.80. The van der Waals surface area contributed by atoms with Crippen LogP contribution in [-0.4, -0.2) is 10.3 Å². The van der Waals surface area contributed by atoms with Crippen molar-refractivity contribution in [3.8, 4) is 5.88 Å². The van der Waals surface area contributed by atoms with Gasteiger partial charge >= 0.3 is 5.88 Å². The van der Waals surface area contributed by atoms with Crippen LogP contribution in [0.1, 0.15) is 0 Å². The number of hydrogen-bond acceptors (Lipinski definition) is 4. The van der Waals surface area contributed by atoms with E-state index in [1.54, 1.807) is 0 Å². The Morgan fingerprint density at radius 2 is 2.25 bits per heavy atom. The van der Waals surface area contributed by atoms with E-state index < -0.39 is 0 Å². The molecular weight excluding hydrogens is 244 g/mol. The Morgan fingerprint density at radius 1 is 1.50 bits per heavy atom. The van der Waals surface area contributed by atoms with Gasteiger partial charge in [-0.3, -0.25) is 0 Å². The maximum absolute atomic E-state index is 4.48. The van der Waals surface area contributed by atoms with Crippen molar-refractivity contribution in [1.82, 2.24) is 10.3 Å². The molecule has 0 saturated heterocycles. The summed E-state index contributed by atoms with van der Waals surface area (Å²) < 4.78 is 9.16. The molecule has 1 aromatic rings. The van der Waals surface area contributed by atoms with Crippen LogP contribution in [0.2, 0.25) is 0 Å². The molecule has 0 atom stereocenters. The lowest BCUT2D eigenvalue weighted by Crippen LogP contribution is -1.71. The second-order valence-electron chi connectivity index (χ2n) is 0.937. The molecule has 0 N–H and O–H groups in total. The van der Waals surface area contributed by atoms with E-state index >= 15 is 0 Å². The maximum Gasteiger partial charge on any atom is 0.302 e. The van der Waals surface area contributed by atoms with Crippen LogP contribution in [0, 0.1) is 0 Å². The van der Waals surface area contributed by atoms with Crippen molar-refractivity contribution in [2.75, 3.05) is 0 Å². The van der Waals surface area contributed by atoms with Crippen LogP contribution < -0.4 is 3.83 Å². The molecular formula is C2Br2N2O2. The normalized spacial score (nSPS) is 9.25. The smallest absolute Gasteiger partial charge is 0.302 e. The standard InChI is InChI=1S/C2Br2N2O2/c3-1-2(7-4)6-8-5-1. The molecule has 44 valence electrons. The predicted octanol–water partition coefficient (Wildman–Crippen LogP) is 1.52. The Morgan fingerprint density at radius 3 is 2.50 bits per heavy atom. The van der Waals surface area contributed by atoms with Crippen LogP contribution >= 0.6 is 32.2 Å². The first-order chi connectivity index (χ1) is 3.84. The van der Waals surface area contributed by atoms with E-state index in [0.717, 1.165) is 0 Å². The highest BCUT2D eigenvalue weighted by molar-refractivity contribution is 9.10. The van der Waals surface area contributed by atoms with Crippen LogP contribution in [0.5, 0.6) is 5.88 Å². The molecule has 0 aliphatic carbocycles. The molecule has 0 unspecified atom stereocenters. The number of aromatic nitrogens is 2. The zero-order valence-corrected chi connectivity index (χ0v) is 6.64. The van der Waals surface area contributed by atoms with Crippen molar-refractivity contribution in [3.05, 3.63) is 4.60 Å². The van der Waals surface area contributed by atoms with E-state index in [1.807, 2.05) is 0 Å². The number of nitrogens with zero attached hydrogens (tertiary/aromatic N) is 2. The van der Waals surface area contributed by atoms with Gasteiger partial charge in [-0.2, -0.15) is 0 Å². The molecule has 6 heteroatoms. The van der Waals surface area contributed by atoms with Gasteiger partial charge in [-0.05, 0) is 26.2 Å². The van der Waals surface area contributed by atoms with Crippen molar-refractivity contribution >= 4 is 32.2 Å². The van der Waals surface area contributed by atoms with Crippen LogP contribution in [0.25, 0.3) is 0 Å². The molecule has 0 amide bonds. The van der Waals surface area contributed by atoms with Gasteiger partial charge in [0.1, 0.15) is 0 Å². The Bertz CT molecular complexity index is 176. The molecule has 0 spiro atoms. The summed E-state index contributed by atoms with van der Waals surface area (Å²) in [7, 11) is 0. The lowest BCUT2D eigenvalue weighted by atomic mass is 10.9. The van der Waals surface area contributed by atoms with Gasteiger partial charge in [0.2, 0.25) is 4.60 Å². The highest BCUT2D eigenvalue weighted by Crippen LogP contribution is 2.19. The molecule has 0 radical (unpaired) electrons. The molecule has 0 bridgehead atoms. The van der Waals surface area contributed by atoms with E-state index in [4.69, 9.17) is 0 Å². The fourth-order valence-corrected chi connectivity index (χ4v) is 0.864. The quantitative estimate of drug-likeness (QED) is 0.751. The lowest BCUT2D eigenvalue weighted by molar-refractivity contribution is 0.297. The number of halogens is 2. The third-order valence-electron chi connectivity index (χ3n) is 0.494. The molecule has 4 nitrogen and oxygen atoms in total. The van der Waals surface area contributed by atoms with Crippen LogP contribution in [0.15, 0.2) is 9.23 Å². The van der Waals surface area contributed by atoms with E-state index in [1.165, 1.54) is 0 Å². The van der Waals surface area contributed by atoms with E-state index in [-0.39, 0.29) is 5.88 Å². The monoisotopic (exact) mass is 242 g/mol. The van der Waals surface area contributed by atoms with Gasteiger partial charge in [-0.25, -0.2) is 4.63 Å². The zero-order valence-electron chi connectivity index (χ0n) is 3.47. The van der Waals surface area contributed by atoms with Gasteiger partial charge in [0, 0.05) is 0 Å². The number of rotatable bonds is 1. The van der Waals surface area contributed by atoms with Crippen LogP contribution in [-0.2, 0) is 0 Å². The topological polar surface area (TPSA) is 48.2 Å². The van der Waals surface area contributed by atoms with Gasteiger partial charge in [0.15, 0.2) is 16.3 Å². The van der Waals surface area contributed by atoms with Gasteiger partial charge in [0.25, 0.3) is 0 Å². The average molecular weight is 244 g/mol. The van der Waals surface area contributed by atoms with Crippen molar-refractivity contribution in [1.29, 1.82) is 0 Å². The maximum atomic E-state index is 4.48. The van der Waals surface area contributed by atoms with E-state index in [9.17, 15) is 0 Å². The first-order valence-corrected chi connectivity index (χ1v) is 3.05. The zero-order chi connectivity index (χ0) is 5.98. The van der Waals surface area contributed by atoms with Crippen molar-refractivity contribution in [2.45, 2.75) is 0 Å². The second kappa shape index (κ2) is 2.45. The Kier molecular flexibility index (Phi) is 1.85. The van der Waals surface area contributed by atoms with Gasteiger partial charge in [-0.15, -0.1) is 0 Å². The molecule has 0 aliphatic rings. The highest BCUT2D eigenvalue weighted by atomic mass is 79.9. The van der Waals surface area contributed by atoms with Crippen molar-refractivity contribution in [3.63, 3.8) is 0 Å². The molecule has 0 saturated carbocycles. The molecule has 0 aromatic carbocycles. The Hall–Kier alpha value is -0.100. The Labute approximate surface area is 61.7 Å². The predicted molar refractivity (Wildman–Crippen MR) is 31.6 cm³/mol. The van der Waals surface area contributed by atoms with E-state index in [2.05, 4.69) is 51.0 Å². The SMILES string of the molecule is BrOc1nonc1Br. The third-order valence-corrected chi connectivity index (χ3v) is 1.28. The van der Waals surface area contributed by atoms with Crippen molar-refractivity contribution in [2.24, 2.45) is 0 Å². The summed E-state index contributed by atoms with van der Waals surface area (Å²) in [4.78, 5) is 0. The molecule has 1 rings (SSSR count). The van der Waals surface area contributed by atoms with Gasteiger partial charge in [-0.1, -0.05) is 0 Å². The fourth-order valence-electron chi connectivity index (χ4n) is 0.216. The minimum Gasteiger partial charge on any atom is -0.392 e. The van der Waals surface area contributed by atoms with Crippen LogP contribution in [0.3, 0.4) is 0 Å². The summed E-state index contributed by atoms with van der Waals surface area (Å²) in [5, 5.41) is 6.70. The summed E-state index contributed by atoms with van der Waals surface area (Å²) in [6.07, 6.45) is 0. The summed E-state index contributed by atoms with van der Waals surface area (Å²) in [6, 6.07) is 0. The summed E-state index contributed by atoms with van der Waals surface area (Å²) in [6.45, 7) is 0. The number of hydrogen-bond donors (Lipinski definition) is 0. The minimum absolute atomic E-state index is 0.282. The van der Waals surface area contributed by atoms with E-state index in [0.29, 0.717) is 4.60 Å². The first-order valence-electron chi connectivity index (χ1n) is 1.61. The average Bonchev–Trinajstić information content (AvgIpc) is 2.14. The molecule has 1 aromatic heterocycles. The largest absolute Gasteiger partial charge is 0.392 e. The molecule has 0 fully saturated rings. The summed E-state index contributed by atoms with van der Waals surface area (Å²) in [5.41, 5.74) is 0. The molecule has 0 aliphatic heterocycles. The van der Waals surface area contributed by atoms with Crippen LogP contribution in [0.4, 0.5) is 0 Å². The summed E-state index contributed by atoms with van der Waals surface area (Å²) in [5.74, 6) is 0.282. The van der Waals surface area contributed by atoms with Gasteiger partial charge < -0.3 is 3.83 Å². The first kappa shape index (κ1) is 6.03. The molecule has 8 heavy (non-hydrogen) atoms. The second-order valence-corrected chi connectivity index (χ2v) is 2.01. The fraction of sp³-hybridized carbons (Fsp3) is 0. The molecule has 1 heterocycles. The van der Waals surface area contributed by atoms with Crippen molar-refractivity contribution < 1.29 is 8.46 Å². The highest BCUT2D eigenvalue weighted by Gasteiger charge is 2.04. The summed E-state index contributed by atoms with van der Waals surface area (Å²) >= 11 is 5.70. The van der Waals surface area contributed by atoms with Gasteiger partial charge in [0.05, 0.1) is 0 Å². The Balaban J connectivity index is 2.92.